The molecule has 0 aliphatic heterocycles. The van der Waals surface area contributed by atoms with Gasteiger partial charge in [0.1, 0.15) is 10.6 Å². The Morgan fingerprint density at radius 1 is 1.04 bits per heavy atom. The summed E-state index contributed by atoms with van der Waals surface area (Å²) >= 11 is 7.80. The SMILES string of the molecule is COc1ccc2c(Cl)c(C(=O)Nc3cccc4ccccc34)sc2c1. The van der Waals surface area contributed by atoms with Gasteiger partial charge in [-0.3, -0.25) is 4.79 Å². The van der Waals surface area contributed by atoms with E-state index < -0.39 is 0 Å². The second kappa shape index (κ2) is 6.39. The Labute approximate surface area is 153 Å². The maximum atomic E-state index is 12.8. The molecule has 4 rings (SSSR count). The van der Waals surface area contributed by atoms with Crippen LogP contribution in [0.4, 0.5) is 5.69 Å². The fourth-order valence-electron chi connectivity index (χ4n) is 2.83. The summed E-state index contributed by atoms with van der Waals surface area (Å²) in [5.74, 6) is 0.535. The number of carbonyl (C=O) groups excluding carboxylic acids is 1. The molecule has 0 bridgehead atoms. The second-order valence-corrected chi connectivity index (χ2v) is 7.02. The second-order valence-electron chi connectivity index (χ2n) is 5.59. The number of halogens is 1. The number of thiophene rings is 1. The number of hydrogen-bond acceptors (Lipinski definition) is 3. The summed E-state index contributed by atoms with van der Waals surface area (Å²) in [7, 11) is 1.62. The largest absolute Gasteiger partial charge is 0.497 e. The summed E-state index contributed by atoms with van der Waals surface area (Å²) in [4.78, 5) is 13.3. The van der Waals surface area contributed by atoms with Gasteiger partial charge in [-0.1, -0.05) is 48.0 Å². The van der Waals surface area contributed by atoms with E-state index in [4.69, 9.17) is 16.3 Å². The third kappa shape index (κ3) is 2.84. The van der Waals surface area contributed by atoms with Crippen LogP contribution in [0.3, 0.4) is 0 Å². The molecule has 1 N–H and O–H groups in total. The Balaban J connectivity index is 1.73. The van der Waals surface area contributed by atoms with Crippen molar-refractivity contribution in [1.82, 2.24) is 0 Å². The summed E-state index contributed by atoms with van der Waals surface area (Å²) in [6.07, 6.45) is 0. The van der Waals surface area contributed by atoms with E-state index in [9.17, 15) is 4.79 Å². The van der Waals surface area contributed by atoms with Crippen molar-refractivity contribution in [2.24, 2.45) is 0 Å². The zero-order valence-electron chi connectivity index (χ0n) is 13.4. The highest BCUT2D eigenvalue weighted by Crippen LogP contribution is 2.37. The highest BCUT2D eigenvalue weighted by molar-refractivity contribution is 7.21. The molecule has 5 heteroatoms. The molecule has 0 atom stereocenters. The molecule has 0 saturated carbocycles. The topological polar surface area (TPSA) is 38.3 Å². The normalized spacial score (nSPS) is 11.0. The van der Waals surface area contributed by atoms with Gasteiger partial charge in [0.25, 0.3) is 5.91 Å². The van der Waals surface area contributed by atoms with Crippen molar-refractivity contribution in [2.45, 2.75) is 0 Å². The maximum Gasteiger partial charge on any atom is 0.267 e. The molecule has 0 unspecified atom stereocenters. The van der Waals surface area contributed by atoms with Crippen LogP contribution < -0.4 is 10.1 Å². The first-order valence-corrected chi connectivity index (χ1v) is 8.92. The van der Waals surface area contributed by atoms with Crippen molar-refractivity contribution in [3.63, 3.8) is 0 Å². The molecule has 1 amide bonds. The summed E-state index contributed by atoms with van der Waals surface area (Å²) in [6, 6.07) is 19.4. The van der Waals surface area contributed by atoms with Crippen molar-refractivity contribution >= 4 is 55.4 Å². The number of benzene rings is 3. The first-order valence-electron chi connectivity index (χ1n) is 7.72. The van der Waals surface area contributed by atoms with Crippen LogP contribution in [-0.2, 0) is 0 Å². The van der Waals surface area contributed by atoms with Gasteiger partial charge in [-0.15, -0.1) is 11.3 Å². The van der Waals surface area contributed by atoms with Gasteiger partial charge in [0.15, 0.2) is 0 Å². The predicted molar refractivity (Wildman–Crippen MR) is 105 cm³/mol. The van der Waals surface area contributed by atoms with Crippen LogP contribution in [0, 0.1) is 0 Å². The third-order valence-electron chi connectivity index (χ3n) is 4.08. The lowest BCUT2D eigenvalue weighted by molar-refractivity contribution is 0.103. The van der Waals surface area contributed by atoms with Crippen LogP contribution in [0.5, 0.6) is 5.75 Å². The highest BCUT2D eigenvalue weighted by Gasteiger charge is 2.18. The zero-order chi connectivity index (χ0) is 17.4. The van der Waals surface area contributed by atoms with Gasteiger partial charge < -0.3 is 10.1 Å². The molecule has 0 saturated heterocycles. The van der Waals surface area contributed by atoms with Gasteiger partial charge in [-0.2, -0.15) is 0 Å². The van der Waals surface area contributed by atoms with Crippen molar-refractivity contribution < 1.29 is 9.53 Å². The molecule has 4 aromatic rings. The molecule has 124 valence electrons. The number of rotatable bonds is 3. The average molecular weight is 368 g/mol. The minimum absolute atomic E-state index is 0.207. The summed E-state index contributed by atoms with van der Waals surface area (Å²) in [5, 5.41) is 6.39. The van der Waals surface area contributed by atoms with E-state index in [1.165, 1.54) is 11.3 Å². The van der Waals surface area contributed by atoms with E-state index in [-0.39, 0.29) is 5.91 Å². The average Bonchev–Trinajstić information content (AvgIpc) is 2.98. The number of carbonyl (C=O) groups is 1. The molecule has 1 heterocycles. The van der Waals surface area contributed by atoms with E-state index in [1.54, 1.807) is 7.11 Å². The summed E-state index contributed by atoms with van der Waals surface area (Å²) in [5.41, 5.74) is 0.772. The van der Waals surface area contributed by atoms with Crippen LogP contribution in [0.2, 0.25) is 5.02 Å². The number of amides is 1. The molecule has 0 aliphatic rings. The lowest BCUT2D eigenvalue weighted by Gasteiger charge is -2.08. The highest BCUT2D eigenvalue weighted by atomic mass is 35.5. The van der Waals surface area contributed by atoms with Gasteiger partial charge >= 0.3 is 0 Å². The maximum absolute atomic E-state index is 12.8. The van der Waals surface area contributed by atoms with Crippen LogP contribution in [0.15, 0.2) is 60.7 Å². The molecule has 0 fully saturated rings. The lowest BCUT2D eigenvalue weighted by Crippen LogP contribution is -2.10. The van der Waals surface area contributed by atoms with Gasteiger partial charge in [-0.05, 0) is 29.7 Å². The van der Waals surface area contributed by atoms with Crippen LogP contribution in [-0.4, -0.2) is 13.0 Å². The first kappa shape index (κ1) is 15.9. The Morgan fingerprint density at radius 3 is 2.68 bits per heavy atom. The Bertz CT molecular complexity index is 1100. The summed E-state index contributed by atoms with van der Waals surface area (Å²) in [6.45, 7) is 0. The third-order valence-corrected chi connectivity index (χ3v) is 5.74. The number of ether oxygens (including phenoxy) is 1. The monoisotopic (exact) mass is 367 g/mol. The van der Waals surface area contributed by atoms with E-state index in [0.717, 1.165) is 32.3 Å². The number of nitrogens with one attached hydrogen (secondary N) is 1. The predicted octanol–water partition coefficient (Wildman–Crippen LogP) is 5.97. The van der Waals surface area contributed by atoms with Gasteiger partial charge in [0.05, 0.1) is 12.1 Å². The van der Waals surface area contributed by atoms with Crippen LogP contribution in [0.25, 0.3) is 20.9 Å². The molecular formula is C20H14ClNO2S. The fraction of sp³-hybridized carbons (Fsp3) is 0.0500. The van der Waals surface area contributed by atoms with Gasteiger partial charge in [0, 0.05) is 21.2 Å². The molecule has 0 radical (unpaired) electrons. The van der Waals surface area contributed by atoms with E-state index in [1.807, 2.05) is 60.7 Å². The van der Waals surface area contributed by atoms with E-state index in [0.29, 0.717) is 9.90 Å². The molecule has 25 heavy (non-hydrogen) atoms. The van der Waals surface area contributed by atoms with Crippen LogP contribution >= 0.6 is 22.9 Å². The quantitative estimate of drug-likeness (QED) is 0.484. The van der Waals surface area contributed by atoms with E-state index in [2.05, 4.69) is 5.32 Å². The summed E-state index contributed by atoms with van der Waals surface area (Å²) < 4.78 is 6.16. The smallest absolute Gasteiger partial charge is 0.267 e. The fourth-order valence-corrected chi connectivity index (χ4v) is 4.27. The molecule has 0 aliphatic carbocycles. The molecule has 1 aromatic heterocycles. The lowest BCUT2D eigenvalue weighted by atomic mass is 10.1. The van der Waals surface area contributed by atoms with Crippen molar-refractivity contribution in [3.05, 3.63) is 70.6 Å². The zero-order valence-corrected chi connectivity index (χ0v) is 14.9. The molecular weight excluding hydrogens is 354 g/mol. The Morgan fingerprint density at radius 2 is 1.84 bits per heavy atom. The standard InChI is InChI=1S/C20H14ClNO2S/c1-24-13-9-10-15-17(11-13)25-19(18(15)21)20(23)22-16-8-4-6-12-5-2-3-7-14(12)16/h2-11H,1H3,(H,22,23). The number of fused-ring (bicyclic) bond motifs is 2. The number of methoxy groups -OCH3 is 1. The molecule has 3 nitrogen and oxygen atoms in total. The number of hydrogen-bond donors (Lipinski definition) is 1. The van der Waals surface area contributed by atoms with Crippen molar-refractivity contribution in [3.8, 4) is 5.75 Å². The minimum Gasteiger partial charge on any atom is -0.497 e. The van der Waals surface area contributed by atoms with Crippen molar-refractivity contribution in [1.29, 1.82) is 0 Å². The van der Waals surface area contributed by atoms with E-state index >= 15 is 0 Å². The number of anilines is 1. The Kier molecular flexibility index (Phi) is 4.07. The molecule has 0 spiro atoms. The van der Waals surface area contributed by atoms with Crippen LogP contribution in [0.1, 0.15) is 9.67 Å². The first-order chi connectivity index (χ1) is 12.2. The van der Waals surface area contributed by atoms with Gasteiger partial charge in [-0.25, -0.2) is 0 Å². The molecule has 3 aromatic carbocycles. The van der Waals surface area contributed by atoms with Crippen molar-refractivity contribution in [2.75, 3.05) is 12.4 Å². The Hall–Kier alpha value is -2.56. The van der Waals surface area contributed by atoms with Gasteiger partial charge in [0.2, 0.25) is 0 Å². The minimum atomic E-state index is -0.207.